The number of aliphatic hydroxyl groups is 2. The first-order chi connectivity index (χ1) is 13.5. The maximum absolute atomic E-state index is 14.6. The van der Waals surface area contributed by atoms with Crippen LogP contribution in [0.15, 0.2) is 30.3 Å². The van der Waals surface area contributed by atoms with Crippen molar-refractivity contribution in [2.45, 2.75) is 29.6 Å². The molecule has 1 saturated carbocycles. The molecule has 3 atom stereocenters. The summed E-state index contributed by atoms with van der Waals surface area (Å²) in [6, 6.07) is 6.15. The van der Waals surface area contributed by atoms with Crippen molar-refractivity contribution in [1.82, 2.24) is 0 Å². The van der Waals surface area contributed by atoms with Crippen molar-refractivity contribution in [3.05, 3.63) is 56.9 Å². The molecule has 1 aliphatic rings. The lowest BCUT2D eigenvalue weighted by molar-refractivity contribution is 0.0853. The molecule has 5 N–H and O–H groups in total. The summed E-state index contributed by atoms with van der Waals surface area (Å²) < 4.78 is 66.0. The predicted molar refractivity (Wildman–Crippen MR) is 110 cm³/mol. The van der Waals surface area contributed by atoms with Gasteiger partial charge in [0, 0.05) is 9.49 Å². The fourth-order valence-electron chi connectivity index (χ4n) is 3.51. The minimum absolute atomic E-state index is 0.0577. The number of primary sulfonamides is 1. The van der Waals surface area contributed by atoms with E-state index in [0.29, 0.717) is 3.57 Å². The molecule has 2 aromatic carbocycles. The molecule has 3 unspecified atom stereocenters. The Morgan fingerprint density at radius 2 is 1.93 bits per heavy atom. The van der Waals surface area contributed by atoms with Crippen LogP contribution in [0.1, 0.15) is 24.3 Å². The summed E-state index contributed by atoms with van der Waals surface area (Å²) in [5, 5.41) is 26.7. The molecular weight excluding hydrogens is 524 g/mol. The van der Waals surface area contributed by atoms with Gasteiger partial charge in [0.05, 0.1) is 28.8 Å². The van der Waals surface area contributed by atoms with Gasteiger partial charge in [0.25, 0.3) is 0 Å². The molecule has 0 spiro atoms. The quantitative estimate of drug-likeness (QED) is 0.402. The van der Waals surface area contributed by atoms with Crippen molar-refractivity contribution >= 4 is 44.0 Å². The topological polar surface area (TPSA) is 113 Å². The minimum atomic E-state index is -4.21. The molecule has 6 nitrogen and oxygen atoms in total. The zero-order chi connectivity index (χ0) is 21.6. The average Bonchev–Trinajstić information content (AvgIpc) is 3.36. The van der Waals surface area contributed by atoms with Crippen LogP contribution in [0.2, 0.25) is 0 Å². The van der Waals surface area contributed by atoms with Crippen LogP contribution in [-0.2, 0) is 10.0 Å². The normalized spacial score (nSPS) is 22.4. The second-order valence-corrected chi connectivity index (χ2v) is 10.1. The highest BCUT2D eigenvalue weighted by atomic mass is 127. The van der Waals surface area contributed by atoms with Crippen LogP contribution < -0.4 is 10.5 Å². The van der Waals surface area contributed by atoms with E-state index in [1.807, 2.05) is 22.6 Å². The molecule has 1 fully saturated rings. The van der Waals surface area contributed by atoms with Gasteiger partial charge >= 0.3 is 0 Å². The number of halogens is 4. The monoisotopic (exact) mass is 542 g/mol. The number of anilines is 2. The number of benzene rings is 2. The van der Waals surface area contributed by atoms with Crippen molar-refractivity contribution in [2.75, 3.05) is 11.9 Å². The Morgan fingerprint density at radius 3 is 2.52 bits per heavy atom. The molecule has 2 aromatic rings. The summed E-state index contributed by atoms with van der Waals surface area (Å²) in [6.07, 6.45) is -1.78. The van der Waals surface area contributed by atoms with Gasteiger partial charge in [0.2, 0.25) is 10.0 Å². The minimum Gasteiger partial charge on any atom is -0.394 e. The standard InChI is InChI=1S/C18H18F3IN2O4S/c19-13-3-2-11(12-7-18(12,29(23,27)28)6-10(26)8-25)17(16(13)21)24-15-4-1-9(22)5-14(15)20/h1-5,10,12,24-26H,6-8H2,(H2,23,27,28). The molecule has 0 aromatic heterocycles. The fourth-order valence-corrected chi connectivity index (χ4v) is 5.31. The first-order valence-electron chi connectivity index (χ1n) is 8.51. The van der Waals surface area contributed by atoms with E-state index in [1.165, 1.54) is 18.2 Å². The fraction of sp³-hybridized carbons (Fsp3) is 0.333. The van der Waals surface area contributed by atoms with Crippen molar-refractivity contribution < 1.29 is 31.8 Å². The van der Waals surface area contributed by atoms with Crippen molar-refractivity contribution in [3.8, 4) is 0 Å². The van der Waals surface area contributed by atoms with Crippen LogP contribution >= 0.6 is 22.6 Å². The molecule has 0 radical (unpaired) electrons. The molecule has 0 amide bonds. The summed E-state index contributed by atoms with van der Waals surface area (Å²) >= 11 is 1.89. The molecule has 158 valence electrons. The second kappa shape index (κ2) is 8.02. The van der Waals surface area contributed by atoms with E-state index in [0.717, 1.165) is 6.07 Å². The van der Waals surface area contributed by atoms with Crippen LogP contribution in [0.5, 0.6) is 0 Å². The van der Waals surface area contributed by atoms with Gasteiger partial charge < -0.3 is 15.5 Å². The van der Waals surface area contributed by atoms with Gasteiger partial charge in [-0.2, -0.15) is 0 Å². The van der Waals surface area contributed by atoms with Gasteiger partial charge in [-0.3, -0.25) is 0 Å². The second-order valence-electron chi connectivity index (χ2n) is 6.98. The summed E-state index contributed by atoms with van der Waals surface area (Å²) in [7, 11) is -4.21. The number of nitrogens with two attached hydrogens (primary N) is 1. The van der Waals surface area contributed by atoms with Crippen LogP contribution in [0.4, 0.5) is 24.5 Å². The Bertz CT molecular complexity index is 1050. The van der Waals surface area contributed by atoms with Crippen LogP contribution in [0, 0.1) is 21.0 Å². The number of nitrogens with one attached hydrogen (secondary N) is 1. The third-order valence-electron chi connectivity index (χ3n) is 5.08. The molecule has 3 rings (SSSR count). The van der Waals surface area contributed by atoms with E-state index in [9.17, 15) is 26.7 Å². The largest absolute Gasteiger partial charge is 0.394 e. The highest BCUT2D eigenvalue weighted by molar-refractivity contribution is 14.1. The average molecular weight is 542 g/mol. The Labute approximate surface area is 179 Å². The van der Waals surface area contributed by atoms with Gasteiger partial charge in [0.15, 0.2) is 11.6 Å². The van der Waals surface area contributed by atoms with Gasteiger partial charge in [-0.15, -0.1) is 0 Å². The van der Waals surface area contributed by atoms with Crippen molar-refractivity contribution in [2.24, 2.45) is 5.14 Å². The Balaban J connectivity index is 2.06. The zero-order valence-electron chi connectivity index (χ0n) is 14.9. The van der Waals surface area contributed by atoms with Crippen molar-refractivity contribution in [1.29, 1.82) is 0 Å². The third kappa shape index (κ3) is 4.24. The van der Waals surface area contributed by atoms with Gasteiger partial charge in [-0.1, -0.05) is 6.07 Å². The Morgan fingerprint density at radius 1 is 1.24 bits per heavy atom. The molecule has 0 saturated heterocycles. The van der Waals surface area contributed by atoms with E-state index >= 15 is 0 Å². The molecule has 0 aliphatic heterocycles. The Hall–Kier alpha value is -1.41. The zero-order valence-corrected chi connectivity index (χ0v) is 17.8. The van der Waals surface area contributed by atoms with Crippen LogP contribution in [0.25, 0.3) is 0 Å². The summed E-state index contributed by atoms with van der Waals surface area (Å²) in [5.41, 5.74) is -0.437. The number of aliphatic hydroxyl groups excluding tert-OH is 2. The van der Waals surface area contributed by atoms with Crippen LogP contribution in [-0.4, -0.2) is 36.1 Å². The third-order valence-corrected chi connectivity index (χ3v) is 7.50. The molecular formula is C18H18F3IN2O4S. The summed E-state index contributed by atoms with van der Waals surface area (Å²) in [6.45, 7) is -0.680. The molecule has 1 aliphatic carbocycles. The number of hydrogen-bond acceptors (Lipinski definition) is 5. The molecule has 0 heterocycles. The Kier molecular flexibility index (Phi) is 6.16. The van der Waals surface area contributed by atoms with Gasteiger partial charge in [-0.25, -0.2) is 26.7 Å². The van der Waals surface area contributed by atoms with Crippen molar-refractivity contribution in [3.63, 3.8) is 0 Å². The highest BCUT2D eigenvalue weighted by Gasteiger charge is 2.64. The van der Waals surface area contributed by atoms with E-state index in [4.69, 9.17) is 10.2 Å². The SMILES string of the molecule is NS(=O)(=O)C1(CC(O)CO)CC1c1ccc(F)c(F)c1Nc1ccc(I)cc1F. The lowest BCUT2D eigenvalue weighted by atomic mass is 10.0. The number of rotatable bonds is 7. The smallest absolute Gasteiger partial charge is 0.215 e. The molecule has 11 heteroatoms. The first kappa shape index (κ1) is 22.3. The molecule has 0 bridgehead atoms. The lowest BCUT2D eigenvalue weighted by Crippen LogP contribution is -2.36. The summed E-state index contributed by atoms with van der Waals surface area (Å²) in [4.78, 5) is 0. The highest BCUT2D eigenvalue weighted by Crippen LogP contribution is 2.60. The number of sulfonamides is 1. The van der Waals surface area contributed by atoms with Gasteiger partial charge in [0.1, 0.15) is 5.82 Å². The van der Waals surface area contributed by atoms with Crippen LogP contribution in [0.3, 0.4) is 0 Å². The van der Waals surface area contributed by atoms with E-state index in [-0.39, 0.29) is 24.1 Å². The maximum atomic E-state index is 14.6. The number of hydrogen-bond donors (Lipinski definition) is 4. The van der Waals surface area contributed by atoms with E-state index in [1.54, 1.807) is 6.07 Å². The lowest BCUT2D eigenvalue weighted by Gasteiger charge is -2.20. The van der Waals surface area contributed by atoms with E-state index < -0.39 is 56.5 Å². The maximum Gasteiger partial charge on any atom is 0.215 e. The summed E-state index contributed by atoms with van der Waals surface area (Å²) in [5.74, 6) is -4.06. The van der Waals surface area contributed by atoms with E-state index in [2.05, 4.69) is 5.32 Å². The first-order valence-corrected chi connectivity index (χ1v) is 11.1. The van der Waals surface area contributed by atoms with Gasteiger partial charge in [-0.05, 0) is 65.3 Å². The predicted octanol–water partition coefficient (Wildman–Crippen LogP) is 2.71. The molecule has 29 heavy (non-hydrogen) atoms.